The Morgan fingerprint density at radius 2 is 1.73 bits per heavy atom. The van der Waals surface area contributed by atoms with Crippen LogP contribution in [-0.4, -0.2) is 29.6 Å². The van der Waals surface area contributed by atoms with E-state index >= 15 is 0 Å². The highest BCUT2D eigenvalue weighted by atomic mass is 32.2. The molecular formula is C22H20FNOS. The van der Waals surface area contributed by atoms with Gasteiger partial charge in [0.1, 0.15) is 5.82 Å². The molecule has 132 valence electrons. The van der Waals surface area contributed by atoms with Gasteiger partial charge in [0.2, 0.25) is 0 Å². The summed E-state index contributed by atoms with van der Waals surface area (Å²) < 4.78 is 14.1. The molecule has 0 spiro atoms. The van der Waals surface area contributed by atoms with Crippen molar-refractivity contribution in [3.8, 4) is 0 Å². The molecule has 4 rings (SSSR count). The van der Waals surface area contributed by atoms with Crippen LogP contribution < -0.4 is 0 Å². The molecule has 0 aliphatic carbocycles. The molecule has 26 heavy (non-hydrogen) atoms. The molecule has 0 saturated carbocycles. The molecule has 1 aliphatic rings. The number of carbonyl (C=O) groups excluding carboxylic acids is 1. The van der Waals surface area contributed by atoms with Gasteiger partial charge in [-0.15, -0.1) is 0 Å². The zero-order valence-corrected chi connectivity index (χ0v) is 15.2. The van der Waals surface area contributed by atoms with Crippen molar-refractivity contribution in [1.29, 1.82) is 0 Å². The quantitative estimate of drug-likeness (QED) is 0.614. The molecule has 3 aromatic carbocycles. The Labute approximate surface area is 157 Å². The normalized spacial score (nSPS) is 17.9. The van der Waals surface area contributed by atoms with E-state index in [0.29, 0.717) is 13.1 Å². The van der Waals surface area contributed by atoms with E-state index in [1.165, 1.54) is 6.07 Å². The number of fused-ring (bicyclic) bond motifs is 1. The molecule has 1 atom stereocenters. The fourth-order valence-electron chi connectivity index (χ4n) is 3.54. The van der Waals surface area contributed by atoms with Crippen LogP contribution in [0.5, 0.6) is 0 Å². The van der Waals surface area contributed by atoms with E-state index in [1.807, 2.05) is 59.5 Å². The number of amides is 1. The number of hydrogen-bond acceptors (Lipinski definition) is 2. The Hall–Kier alpha value is -2.33. The first-order valence-electron chi connectivity index (χ1n) is 8.87. The number of hydrogen-bond donors (Lipinski definition) is 0. The van der Waals surface area contributed by atoms with E-state index in [1.54, 1.807) is 17.8 Å². The van der Waals surface area contributed by atoms with Crippen molar-refractivity contribution < 1.29 is 9.18 Å². The average molecular weight is 365 g/mol. The van der Waals surface area contributed by atoms with Crippen LogP contribution in [0.3, 0.4) is 0 Å². The maximum absolute atomic E-state index is 14.1. The molecule has 0 aromatic heterocycles. The minimum atomic E-state index is -0.154. The molecule has 1 aliphatic heterocycles. The summed E-state index contributed by atoms with van der Waals surface area (Å²) in [6.07, 6.45) is 0.766. The van der Waals surface area contributed by atoms with Crippen molar-refractivity contribution in [3.05, 3.63) is 83.7 Å². The van der Waals surface area contributed by atoms with Gasteiger partial charge in [-0.3, -0.25) is 4.79 Å². The summed E-state index contributed by atoms with van der Waals surface area (Å²) in [6, 6.07) is 20.8. The molecule has 1 heterocycles. The van der Waals surface area contributed by atoms with Crippen molar-refractivity contribution in [2.45, 2.75) is 11.7 Å². The summed E-state index contributed by atoms with van der Waals surface area (Å²) in [7, 11) is 0. The van der Waals surface area contributed by atoms with Gasteiger partial charge in [-0.05, 0) is 29.3 Å². The minimum Gasteiger partial charge on any atom is -0.338 e. The Morgan fingerprint density at radius 3 is 2.62 bits per heavy atom. The van der Waals surface area contributed by atoms with Gasteiger partial charge in [0.15, 0.2) is 0 Å². The topological polar surface area (TPSA) is 20.3 Å². The highest BCUT2D eigenvalue weighted by molar-refractivity contribution is 7.99. The molecule has 2 nitrogen and oxygen atoms in total. The molecule has 0 bridgehead atoms. The second kappa shape index (κ2) is 7.50. The molecule has 1 amide bonds. The Balaban J connectivity index is 1.55. The second-order valence-corrected chi connectivity index (χ2v) is 7.80. The number of carbonyl (C=O) groups is 1. The van der Waals surface area contributed by atoms with Gasteiger partial charge in [0.25, 0.3) is 5.91 Å². The Morgan fingerprint density at radius 1 is 0.962 bits per heavy atom. The SMILES string of the molecule is O=C(c1cccc2ccccc12)N1CCS[C@@H](c2ccccc2F)CC1. The largest absolute Gasteiger partial charge is 0.338 e. The van der Waals surface area contributed by atoms with Crippen LogP contribution in [0, 0.1) is 5.82 Å². The molecule has 4 heteroatoms. The third-order valence-electron chi connectivity index (χ3n) is 4.90. The monoisotopic (exact) mass is 365 g/mol. The van der Waals surface area contributed by atoms with Gasteiger partial charge in [-0.2, -0.15) is 11.8 Å². The van der Waals surface area contributed by atoms with E-state index in [2.05, 4.69) is 0 Å². The smallest absolute Gasteiger partial charge is 0.254 e. The van der Waals surface area contributed by atoms with E-state index in [4.69, 9.17) is 0 Å². The van der Waals surface area contributed by atoms with Gasteiger partial charge in [-0.25, -0.2) is 4.39 Å². The number of rotatable bonds is 2. The third-order valence-corrected chi connectivity index (χ3v) is 6.21. The summed E-state index contributed by atoms with van der Waals surface area (Å²) in [6.45, 7) is 1.34. The fraction of sp³-hybridized carbons (Fsp3) is 0.227. The lowest BCUT2D eigenvalue weighted by molar-refractivity contribution is 0.0768. The van der Waals surface area contributed by atoms with Crippen molar-refractivity contribution in [1.82, 2.24) is 4.90 Å². The van der Waals surface area contributed by atoms with Crippen molar-refractivity contribution in [3.63, 3.8) is 0 Å². The lowest BCUT2D eigenvalue weighted by atomic mass is 10.0. The highest BCUT2D eigenvalue weighted by Gasteiger charge is 2.25. The van der Waals surface area contributed by atoms with Crippen LogP contribution in [-0.2, 0) is 0 Å². The first-order valence-corrected chi connectivity index (χ1v) is 9.92. The number of nitrogens with zero attached hydrogens (tertiary/aromatic N) is 1. The molecule has 0 radical (unpaired) electrons. The maximum Gasteiger partial charge on any atom is 0.254 e. The third kappa shape index (κ3) is 3.34. The summed E-state index contributed by atoms with van der Waals surface area (Å²) in [5.74, 6) is 0.727. The summed E-state index contributed by atoms with van der Waals surface area (Å²) >= 11 is 1.74. The number of thioether (sulfide) groups is 1. The first kappa shape index (κ1) is 17.1. The van der Waals surface area contributed by atoms with Crippen LogP contribution in [0.1, 0.15) is 27.6 Å². The maximum atomic E-state index is 14.1. The molecule has 0 unspecified atom stereocenters. The molecular weight excluding hydrogens is 345 g/mol. The molecule has 1 saturated heterocycles. The van der Waals surface area contributed by atoms with Gasteiger partial charge in [-0.1, -0.05) is 54.6 Å². The van der Waals surface area contributed by atoms with E-state index in [0.717, 1.165) is 34.1 Å². The lowest BCUT2D eigenvalue weighted by Gasteiger charge is -2.21. The van der Waals surface area contributed by atoms with Gasteiger partial charge < -0.3 is 4.90 Å². The Bertz CT molecular complexity index is 937. The second-order valence-electron chi connectivity index (χ2n) is 6.49. The predicted molar refractivity (Wildman–Crippen MR) is 106 cm³/mol. The van der Waals surface area contributed by atoms with Crippen LogP contribution >= 0.6 is 11.8 Å². The summed E-state index contributed by atoms with van der Waals surface area (Å²) in [5, 5.41) is 2.16. The standard InChI is InChI=1S/C22H20FNOS/c23-20-11-4-3-9-19(20)21-12-13-24(14-15-26-21)22(25)18-10-5-7-16-6-1-2-8-17(16)18/h1-11,21H,12-15H2/t21-/m1/s1. The van der Waals surface area contributed by atoms with Crippen molar-refractivity contribution >= 4 is 28.4 Å². The number of benzene rings is 3. The van der Waals surface area contributed by atoms with Crippen LogP contribution in [0.15, 0.2) is 66.7 Å². The predicted octanol–water partition coefficient (Wildman–Crippen LogP) is 5.30. The average Bonchev–Trinajstić information content (AvgIpc) is 2.93. The minimum absolute atomic E-state index is 0.0663. The van der Waals surface area contributed by atoms with Gasteiger partial charge in [0, 0.05) is 35.2 Å². The van der Waals surface area contributed by atoms with Crippen molar-refractivity contribution in [2.75, 3.05) is 18.8 Å². The number of halogens is 1. The van der Waals surface area contributed by atoms with Crippen LogP contribution in [0.25, 0.3) is 10.8 Å². The van der Waals surface area contributed by atoms with Crippen molar-refractivity contribution in [2.24, 2.45) is 0 Å². The molecule has 3 aromatic rings. The highest BCUT2D eigenvalue weighted by Crippen LogP contribution is 2.36. The zero-order valence-electron chi connectivity index (χ0n) is 14.4. The van der Waals surface area contributed by atoms with E-state index in [9.17, 15) is 9.18 Å². The van der Waals surface area contributed by atoms with E-state index in [-0.39, 0.29) is 17.0 Å². The fourth-order valence-corrected chi connectivity index (χ4v) is 4.79. The van der Waals surface area contributed by atoms with Gasteiger partial charge >= 0.3 is 0 Å². The van der Waals surface area contributed by atoms with E-state index < -0.39 is 0 Å². The van der Waals surface area contributed by atoms with Gasteiger partial charge in [0.05, 0.1) is 0 Å². The molecule has 1 fully saturated rings. The summed E-state index contributed by atoms with van der Waals surface area (Å²) in [4.78, 5) is 15.0. The first-order chi connectivity index (χ1) is 12.7. The molecule has 0 N–H and O–H groups in total. The summed E-state index contributed by atoms with van der Waals surface area (Å²) in [5.41, 5.74) is 1.49. The van der Waals surface area contributed by atoms with Crippen LogP contribution in [0.4, 0.5) is 4.39 Å². The van der Waals surface area contributed by atoms with Crippen LogP contribution in [0.2, 0.25) is 0 Å². The zero-order chi connectivity index (χ0) is 17.9. The lowest BCUT2D eigenvalue weighted by Crippen LogP contribution is -2.33. The Kier molecular flexibility index (Phi) is 4.93.